The van der Waals surface area contributed by atoms with Gasteiger partial charge in [-0.3, -0.25) is 9.59 Å². The van der Waals surface area contributed by atoms with Crippen molar-refractivity contribution in [1.82, 2.24) is 10.2 Å². The van der Waals surface area contributed by atoms with Crippen LogP contribution in [0.2, 0.25) is 0 Å². The van der Waals surface area contributed by atoms with E-state index in [1.54, 1.807) is 0 Å². The number of carboxylic acid groups (broad SMARTS) is 1. The minimum absolute atomic E-state index is 0.0352. The molecule has 4 N–H and O–H groups in total. The molecular formula is C9H15N3O3S. The quantitative estimate of drug-likeness (QED) is 0.627. The molecule has 6 nitrogen and oxygen atoms in total. The summed E-state index contributed by atoms with van der Waals surface area (Å²) < 4.78 is 0. The average molecular weight is 245 g/mol. The van der Waals surface area contributed by atoms with Gasteiger partial charge in [0, 0.05) is 26.1 Å². The molecule has 0 radical (unpaired) electrons. The number of carbonyl (C=O) groups excluding carboxylic acids is 1. The van der Waals surface area contributed by atoms with Crippen LogP contribution in [-0.4, -0.2) is 40.8 Å². The van der Waals surface area contributed by atoms with Crippen LogP contribution in [0.5, 0.6) is 0 Å². The number of hydrogen-bond donors (Lipinski definition) is 3. The Bertz CT molecular complexity index is 343. The van der Waals surface area contributed by atoms with Crippen molar-refractivity contribution in [2.75, 3.05) is 13.7 Å². The fraction of sp³-hybridized carbons (Fsp3) is 0.556. The molecule has 0 spiro atoms. The lowest BCUT2D eigenvalue weighted by molar-refractivity contribution is -0.138. The van der Waals surface area contributed by atoms with E-state index in [-0.39, 0.29) is 11.5 Å². The number of carboxylic acids is 1. The predicted molar refractivity (Wildman–Crippen MR) is 61.3 cm³/mol. The highest BCUT2D eigenvalue weighted by Crippen LogP contribution is 2.28. The Morgan fingerprint density at radius 2 is 2.31 bits per heavy atom. The molecule has 0 aromatic carbocycles. The third-order valence-corrected chi connectivity index (χ3v) is 3.15. The summed E-state index contributed by atoms with van der Waals surface area (Å²) in [5.41, 5.74) is 6.17. The van der Waals surface area contributed by atoms with Crippen LogP contribution in [0.3, 0.4) is 0 Å². The molecule has 0 aromatic heterocycles. The summed E-state index contributed by atoms with van der Waals surface area (Å²) in [6, 6.07) is -0.948. The summed E-state index contributed by atoms with van der Waals surface area (Å²) in [6.45, 7) is 2.04. The maximum absolute atomic E-state index is 11.0. The Morgan fingerprint density at radius 3 is 2.81 bits per heavy atom. The lowest BCUT2D eigenvalue weighted by Gasteiger charge is -2.13. The van der Waals surface area contributed by atoms with Crippen molar-refractivity contribution in [2.24, 2.45) is 5.73 Å². The van der Waals surface area contributed by atoms with E-state index < -0.39 is 12.0 Å². The van der Waals surface area contributed by atoms with E-state index in [2.05, 4.69) is 5.32 Å². The molecule has 7 heteroatoms. The molecule has 1 aliphatic rings. The van der Waals surface area contributed by atoms with Crippen LogP contribution in [-0.2, 0) is 9.59 Å². The Balaban J connectivity index is 2.77. The van der Waals surface area contributed by atoms with Gasteiger partial charge < -0.3 is 21.1 Å². The smallest absolute Gasteiger partial charge is 0.320 e. The standard InChI is InChI=1S/C9H15N3O3S/c1-5(13)16-8-7(11-4-12(8)2)3-6(10)9(14)15/h6,11H,3-4,10H2,1-2H3,(H,14,15). The van der Waals surface area contributed by atoms with Crippen molar-refractivity contribution < 1.29 is 14.7 Å². The van der Waals surface area contributed by atoms with E-state index in [4.69, 9.17) is 10.8 Å². The van der Waals surface area contributed by atoms with E-state index >= 15 is 0 Å². The van der Waals surface area contributed by atoms with Gasteiger partial charge in [0.05, 0.1) is 11.7 Å². The Labute approximate surface area is 97.9 Å². The first-order valence-electron chi connectivity index (χ1n) is 4.76. The van der Waals surface area contributed by atoms with Gasteiger partial charge in [-0.25, -0.2) is 0 Å². The van der Waals surface area contributed by atoms with Gasteiger partial charge in [0.25, 0.3) is 0 Å². The summed E-state index contributed by atoms with van der Waals surface area (Å²) in [7, 11) is 1.83. The third kappa shape index (κ3) is 3.14. The SMILES string of the molecule is CC(=O)SC1=C(CC(N)C(=O)O)NCN1C. The van der Waals surface area contributed by atoms with Gasteiger partial charge in [0.15, 0.2) is 5.12 Å². The van der Waals surface area contributed by atoms with Crippen molar-refractivity contribution in [3.63, 3.8) is 0 Å². The van der Waals surface area contributed by atoms with Gasteiger partial charge in [0.2, 0.25) is 0 Å². The number of nitrogens with two attached hydrogens (primary N) is 1. The first-order chi connectivity index (χ1) is 7.41. The highest BCUT2D eigenvalue weighted by Gasteiger charge is 2.24. The molecule has 1 aliphatic heterocycles. The van der Waals surface area contributed by atoms with Crippen molar-refractivity contribution in [2.45, 2.75) is 19.4 Å². The Kier molecular flexibility index (Phi) is 4.19. The third-order valence-electron chi connectivity index (χ3n) is 2.12. The molecule has 0 amide bonds. The molecule has 16 heavy (non-hydrogen) atoms. The number of thioether (sulfide) groups is 1. The molecule has 0 aliphatic carbocycles. The van der Waals surface area contributed by atoms with Crippen LogP contribution in [0.4, 0.5) is 0 Å². The molecule has 0 fully saturated rings. The van der Waals surface area contributed by atoms with Gasteiger partial charge in [-0.1, -0.05) is 0 Å². The first kappa shape index (κ1) is 12.9. The van der Waals surface area contributed by atoms with Gasteiger partial charge in [0.1, 0.15) is 6.04 Å². The summed E-state index contributed by atoms with van der Waals surface area (Å²) in [5.74, 6) is -1.05. The molecule has 1 atom stereocenters. The molecule has 0 aromatic rings. The monoisotopic (exact) mass is 245 g/mol. The minimum atomic E-state index is -1.05. The molecule has 0 saturated heterocycles. The fourth-order valence-corrected chi connectivity index (χ4v) is 2.11. The van der Waals surface area contributed by atoms with E-state index in [1.165, 1.54) is 6.92 Å². The summed E-state index contributed by atoms with van der Waals surface area (Å²) in [6.07, 6.45) is 0.204. The van der Waals surface area contributed by atoms with Crippen molar-refractivity contribution >= 4 is 22.8 Å². The van der Waals surface area contributed by atoms with Crippen LogP contribution >= 0.6 is 11.8 Å². The van der Waals surface area contributed by atoms with Crippen molar-refractivity contribution in [1.29, 1.82) is 0 Å². The number of carbonyl (C=O) groups is 2. The minimum Gasteiger partial charge on any atom is -0.480 e. The van der Waals surface area contributed by atoms with Crippen LogP contribution in [0.25, 0.3) is 0 Å². The van der Waals surface area contributed by atoms with E-state index in [1.807, 2.05) is 11.9 Å². The molecular weight excluding hydrogens is 230 g/mol. The largest absolute Gasteiger partial charge is 0.480 e. The second-order valence-corrected chi connectivity index (χ2v) is 4.72. The van der Waals surface area contributed by atoms with Crippen molar-refractivity contribution in [3.05, 3.63) is 10.7 Å². The van der Waals surface area contributed by atoms with Gasteiger partial charge in [-0.2, -0.15) is 0 Å². The van der Waals surface area contributed by atoms with Gasteiger partial charge in [-0.15, -0.1) is 0 Å². The van der Waals surface area contributed by atoms with E-state index in [0.29, 0.717) is 6.67 Å². The lowest BCUT2D eigenvalue weighted by Crippen LogP contribution is -2.32. The number of nitrogens with zero attached hydrogens (tertiary/aromatic N) is 1. The summed E-state index contributed by atoms with van der Waals surface area (Å²) in [4.78, 5) is 23.5. The second-order valence-electron chi connectivity index (χ2n) is 3.56. The van der Waals surface area contributed by atoms with Gasteiger partial charge >= 0.3 is 5.97 Å². The summed E-state index contributed by atoms with van der Waals surface area (Å²) >= 11 is 1.09. The van der Waals surface area contributed by atoms with Crippen LogP contribution in [0.15, 0.2) is 10.7 Å². The fourth-order valence-electron chi connectivity index (χ4n) is 1.33. The maximum Gasteiger partial charge on any atom is 0.320 e. The number of hydrogen-bond acceptors (Lipinski definition) is 6. The molecule has 1 heterocycles. The van der Waals surface area contributed by atoms with Gasteiger partial charge in [-0.05, 0) is 11.8 Å². The normalized spacial score (nSPS) is 17.3. The predicted octanol–water partition coefficient (Wildman–Crippen LogP) is -0.270. The maximum atomic E-state index is 11.0. The summed E-state index contributed by atoms with van der Waals surface area (Å²) in [5, 5.41) is 12.5. The zero-order valence-corrected chi connectivity index (χ0v) is 10.0. The average Bonchev–Trinajstić information content (AvgIpc) is 2.49. The second kappa shape index (κ2) is 5.22. The zero-order valence-electron chi connectivity index (χ0n) is 9.19. The van der Waals surface area contributed by atoms with Crippen molar-refractivity contribution in [3.8, 4) is 0 Å². The Morgan fingerprint density at radius 1 is 1.69 bits per heavy atom. The first-order valence-corrected chi connectivity index (χ1v) is 5.58. The number of aliphatic carboxylic acids is 1. The molecule has 90 valence electrons. The number of rotatable bonds is 4. The van der Waals surface area contributed by atoms with E-state index in [0.717, 1.165) is 22.5 Å². The molecule has 0 bridgehead atoms. The highest BCUT2D eigenvalue weighted by molar-refractivity contribution is 8.16. The van der Waals surface area contributed by atoms with Crippen LogP contribution < -0.4 is 11.1 Å². The molecule has 1 rings (SSSR count). The Hall–Kier alpha value is -1.21. The lowest BCUT2D eigenvalue weighted by atomic mass is 10.2. The van der Waals surface area contributed by atoms with Crippen LogP contribution in [0, 0.1) is 0 Å². The van der Waals surface area contributed by atoms with E-state index in [9.17, 15) is 9.59 Å². The molecule has 1 unspecified atom stereocenters. The molecule has 0 saturated carbocycles. The van der Waals surface area contributed by atoms with Crippen LogP contribution in [0.1, 0.15) is 13.3 Å². The number of nitrogens with one attached hydrogen (secondary N) is 1. The highest BCUT2D eigenvalue weighted by atomic mass is 32.2. The topological polar surface area (TPSA) is 95.7 Å². The zero-order chi connectivity index (χ0) is 12.3.